The lowest BCUT2D eigenvalue weighted by atomic mass is 9.86. The van der Waals surface area contributed by atoms with Crippen LogP contribution < -0.4 is 0 Å². The van der Waals surface area contributed by atoms with Crippen LogP contribution in [0.3, 0.4) is 0 Å². The van der Waals surface area contributed by atoms with Crippen LogP contribution in [0, 0.1) is 0 Å². The van der Waals surface area contributed by atoms with E-state index in [1.807, 2.05) is 42.5 Å². The van der Waals surface area contributed by atoms with Crippen molar-refractivity contribution in [1.29, 1.82) is 0 Å². The van der Waals surface area contributed by atoms with Crippen molar-refractivity contribution in [3.05, 3.63) is 241 Å². The molecule has 1 aliphatic rings. The van der Waals surface area contributed by atoms with E-state index in [4.69, 9.17) is 9.98 Å². The van der Waals surface area contributed by atoms with Gasteiger partial charge < -0.3 is 0 Å². The van der Waals surface area contributed by atoms with Gasteiger partial charge in [0.2, 0.25) is 0 Å². The fourth-order valence-electron chi connectivity index (χ4n) is 8.63. The minimum absolute atomic E-state index is 0.650. The van der Waals surface area contributed by atoms with Gasteiger partial charge in [-0.1, -0.05) is 194 Å². The maximum Gasteiger partial charge on any atom is 0.161 e. The third kappa shape index (κ3) is 6.26. The Morgan fingerprint density at radius 3 is 1.59 bits per heavy atom. The summed E-state index contributed by atoms with van der Waals surface area (Å²) >= 11 is 0. The first-order valence-electron chi connectivity index (χ1n) is 20.1. The Morgan fingerprint density at radius 2 is 0.881 bits per heavy atom. The van der Waals surface area contributed by atoms with Crippen LogP contribution in [-0.4, -0.2) is 11.5 Å². The molecule has 0 spiro atoms. The lowest BCUT2D eigenvalue weighted by Gasteiger charge is -2.18. The second-order valence-electron chi connectivity index (χ2n) is 15.0. The van der Waals surface area contributed by atoms with Crippen LogP contribution in [0.5, 0.6) is 0 Å². The SMILES string of the molecule is C1=CC(c2ccccc2)=NC(c2ccccc2)=NC=1c1cc2cc(-c3ccccc3)ccc2c2c(-c3cc4ccccc4c4ccc(-c5ccccc5)cc34)cccc12. The third-order valence-corrected chi connectivity index (χ3v) is 11.5. The average Bonchev–Trinajstić information content (AvgIpc) is 3.55. The molecule has 0 saturated carbocycles. The van der Waals surface area contributed by atoms with Crippen molar-refractivity contribution in [3.63, 3.8) is 0 Å². The van der Waals surface area contributed by atoms with Crippen LogP contribution in [0.15, 0.2) is 234 Å². The number of nitrogens with zero attached hydrogens (tertiary/aromatic N) is 2. The lowest BCUT2D eigenvalue weighted by Crippen LogP contribution is -2.03. The highest BCUT2D eigenvalue weighted by Crippen LogP contribution is 2.44. The Morgan fingerprint density at radius 1 is 0.305 bits per heavy atom. The van der Waals surface area contributed by atoms with Crippen molar-refractivity contribution >= 4 is 60.3 Å². The first kappa shape index (κ1) is 34.4. The van der Waals surface area contributed by atoms with E-state index in [1.165, 1.54) is 60.1 Å². The molecule has 0 bridgehead atoms. The van der Waals surface area contributed by atoms with E-state index in [0.717, 1.165) is 44.4 Å². The highest BCUT2D eigenvalue weighted by Gasteiger charge is 2.20. The van der Waals surface area contributed by atoms with Crippen LogP contribution in [0.4, 0.5) is 0 Å². The highest BCUT2D eigenvalue weighted by atomic mass is 14.9. The fraction of sp³-hybridized carbons (Fsp3) is 0. The monoisotopic (exact) mass is 748 g/mol. The van der Waals surface area contributed by atoms with E-state index in [9.17, 15) is 0 Å². The molecule has 0 saturated heterocycles. The largest absolute Gasteiger partial charge is 0.227 e. The molecular weight excluding hydrogens is 713 g/mol. The smallest absolute Gasteiger partial charge is 0.161 e. The number of benzene rings is 10. The van der Waals surface area contributed by atoms with E-state index < -0.39 is 0 Å². The number of aliphatic imine (C=N–C) groups is 2. The zero-order chi connectivity index (χ0) is 39.1. The van der Waals surface area contributed by atoms with E-state index in [1.54, 1.807) is 0 Å². The summed E-state index contributed by atoms with van der Waals surface area (Å²) in [5.41, 5.74) is 15.3. The molecule has 2 nitrogen and oxygen atoms in total. The quantitative estimate of drug-likeness (QED) is 0.119. The standard InChI is InChI=1S/C57H36N2/c1-5-16-38(17-6-1)42-28-30-47-45(34-42)37-53(55-33-32-54(40-20-9-3-10-21-40)58-57(59-55)41-22-11-4-12-23-41)50-27-15-26-49(56(47)50)52-36-44-24-13-14-25-46(44)48-31-29-43(35-51(48)52)39-18-7-2-8-19-39/h1-32,34-37H. The molecule has 0 fully saturated rings. The third-order valence-electron chi connectivity index (χ3n) is 11.5. The summed E-state index contributed by atoms with van der Waals surface area (Å²) in [4.78, 5) is 10.5. The highest BCUT2D eigenvalue weighted by molar-refractivity contribution is 6.24. The molecule has 0 amide bonds. The van der Waals surface area contributed by atoms with Gasteiger partial charge >= 0.3 is 0 Å². The van der Waals surface area contributed by atoms with Gasteiger partial charge in [-0.3, -0.25) is 0 Å². The summed E-state index contributed by atoms with van der Waals surface area (Å²) in [6, 6.07) is 75.8. The molecule has 59 heavy (non-hydrogen) atoms. The summed E-state index contributed by atoms with van der Waals surface area (Å²) in [7, 11) is 0. The predicted octanol–water partition coefficient (Wildman–Crippen LogP) is 14.7. The first-order chi connectivity index (χ1) is 29.2. The van der Waals surface area contributed by atoms with Gasteiger partial charge in [0.05, 0.1) is 5.71 Å². The van der Waals surface area contributed by atoms with Crippen molar-refractivity contribution in [2.75, 3.05) is 0 Å². The van der Waals surface area contributed by atoms with Crippen LogP contribution in [-0.2, 0) is 0 Å². The van der Waals surface area contributed by atoms with Crippen LogP contribution in [0.2, 0.25) is 0 Å². The maximum atomic E-state index is 5.37. The molecule has 0 radical (unpaired) electrons. The minimum Gasteiger partial charge on any atom is -0.227 e. The number of rotatable bonds is 6. The van der Waals surface area contributed by atoms with Crippen LogP contribution in [0.25, 0.3) is 82.2 Å². The lowest BCUT2D eigenvalue weighted by molar-refractivity contribution is 1.47. The summed E-state index contributed by atoms with van der Waals surface area (Å²) in [5.74, 6) is 0.650. The molecule has 1 heterocycles. The van der Waals surface area contributed by atoms with Gasteiger partial charge in [-0.25, -0.2) is 9.98 Å². The van der Waals surface area contributed by atoms with E-state index in [-0.39, 0.29) is 0 Å². The van der Waals surface area contributed by atoms with E-state index in [0.29, 0.717) is 5.84 Å². The predicted molar refractivity (Wildman–Crippen MR) is 250 cm³/mol. The number of hydrogen-bond acceptors (Lipinski definition) is 2. The zero-order valence-electron chi connectivity index (χ0n) is 32.2. The molecule has 0 atom stereocenters. The Balaban J connectivity index is 1.23. The minimum atomic E-state index is 0.650. The van der Waals surface area contributed by atoms with Crippen LogP contribution >= 0.6 is 0 Å². The van der Waals surface area contributed by atoms with Gasteiger partial charge in [0, 0.05) is 22.8 Å². The molecule has 0 aromatic heterocycles. The topological polar surface area (TPSA) is 24.7 Å². The Bertz CT molecular complexity index is 3370. The van der Waals surface area contributed by atoms with Gasteiger partial charge in [0.15, 0.2) is 5.84 Å². The second kappa shape index (κ2) is 14.6. The van der Waals surface area contributed by atoms with Crippen LogP contribution in [0.1, 0.15) is 16.7 Å². The fourth-order valence-corrected chi connectivity index (χ4v) is 8.63. The molecule has 10 aromatic carbocycles. The van der Waals surface area contributed by atoms with Gasteiger partial charge in [-0.05, 0) is 101 Å². The Labute approximate surface area is 343 Å². The van der Waals surface area contributed by atoms with E-state index in [2.05, 4.69) is 182 Å². The maximum absolute atomic E-state index is 5.37. The summed E-state index contributed by atoms with van der Waals surface area (Å²) in [6.07, 6.45) is 1.99. The first-order valence-corrected chi connectivity index (χ1v) is 20.1. The number of hydrogen-bond donors (Lipinski definition) is 0. The molecule has 0 N–H and O–H groups in total. The summed E-state index contributed by atoms with van der Waals surface area (Å²) in [5, 5.41) is 9.52. The molecule has 11 rings (SSSR count). The number of fused-ring (bicyclic) bond motifs is 6. The van der Waals surface area contributed by atoms with Crippen molar-refractivity contribution in [2.45, 2.75) is 0 Å². The van der Waals surface area contributed by atoms with Crippen molar-refractivity contribution in [3.8, 4) is 33.4 Å². The Kier molecular flexibility index (Phi) is 8.47. The van der Waals surface area contributed by atoms with Crippen molar-refractivity contribution < 1.29 is 0 Å². The molecule has 0 aliphatic carbocycles. The normalized spacial score (nSPS) is 12.7. The van der Waals surface area contributed by atoms with Gasteiger partial charge in [-0.15, -0.1) is 0 Å². The van der Waals surface area contributed by atoms with E-state index >= 15 is 0 Å². The van der Waals surface area contributed by atoms with Gasteiger partial charge in [0.25, 0.3) is 0 Å². The molecule has 10 aromatic rings. The molecular formula is C57H36N2. The Hall–Kier alpha value is -7.90. The number of allylic oxidation sites excluding steroid dienone is 1. The summed E-state index contributed by atoms with van der Waals surface area (Å²) in [6.45, 7) is 0. The number of amidine groups is 1. The second-order valence-corrected chi connectivity index (χ2v) is 15.0. The molecule has 274 valence electrons. The summed E-state index contributed by atoms with van der Waals surface area (Å²) < 4.78 is 0. The van der Waals surface area contributed by atoms with Crippen molar-refractivity contribution in [1.82, 2.24) is 0 Å². The van der Waals surface area contributed by atoms with Gasteiger partial charge in [-0.2, -0.15) is 0 Å². The molecule has 0 unspecified atom stereocenters. The average molecular weight is 749 g/mol. The van der Waals surface area contributed by atoms with Gasteiger partial charge in [0.1, 0.15) is 5.70 Å². The zero-order valence-corrected chi connectivity index (χ0v) is 32.2. The molecule has 1 aliphatic heterocycles. The molecule has 2 heteroatoms. The van der Waals surface area contributed by atoms with Crippen molar-refractivity contribution in [2.24, 2.45) is 9.98 Å².